The van der Waals surface area contributed by atoms with Gasteiger partial charge >= 0.3 is 0 Å². The molecule has 1 aliphatic rings. The number of fused-ring (bicyclic) bond motifs is 1. The molecule has 0 saturated carbocycles. The highest BCUT2D eigenvalue weighted by Crippen LogP contribution is 2.26. The average molecular weight is 259 g/mol. The second-order valence-corrected chi connectivity index (χ2v) is 4.98. The zero-order chi connectivity index (χ0) is 13.2. The van der Waals surface area contributed by atoms with Gasteiger partial charge in [-0.15, -0.1) is 0 Å². The molecule has 3 heteroatoms. The molecule has 0 aliphatic carbocycles. The molecule has 0 spiro atoms. The largest absolute Gasteiger partial charge is 0.382 e. The summed E-state index contributed by atoms with van der Waals surface area (Å²) in [6, 6.07) is 12.2. The van der Waals surface area contributed by atoms with E-state index in [2.05, 4.69) is 11.4 Å². The molecule has 1 N–H and O–H groups in total. The number of benzene rings is 2. The van der Waals surface area contributed by atoms with Crippen LogP contribution in [0.3, 0.4) is 0 Å². The van der Waals surface area contributed by atoms with E-state index in [1.54, 1.807) is 0 Å². The van der Waals surface area contributed by atoms with Crippen molar-refractivity contribution in [3.05, 3.63) is 65.2 Å². The van der Waals surface area contributed by atoms with Crippen molar-refractivity contribution in [2.24, 2.45) is 0 Å². The van der Waals surface area contributed by atoms with Crippen LogP contribution in [0.4, 0.5) is 14.5 Å². The Hall–Kier alpha value is -1.90. The Labute approximate surface area is 111 Å². The van der Waals surface area contributed by atoms with Crippen LogP contribution in [-0.4, -0.2) is 6.04 Å². The van der Waals surface area contributed by atoms with Gasteiger partial charge in [0.05, 0.1) is 0 Å². The highest BCUT2D eigenvalue weighted by atomic mass is 19.1. The predicted molar refractivity (Wildman–Crippen MR) is 72.2 cm³/mol. The summed E-state index contributed by atoms with van der Waals surface area (Å²) >= 11 is 0. The van der Waals surface area contributed by atoms with Crippen molar-refractivity contribution in [1.82, 2.24) is 0 Å². The molecule has 0 saturated heterocycles. The van der Waals surface area contributed by atoms with Gasteiger partial charge in [0.15, 0.2) is 0 Å². The van der Waals surface area contributed by atoms with Gasteiger partial charge in [0.25, 0.3) is 0 Å². The molecule has 0 bridgehead atoms. The number of nitrogens with one attached hydrogen (secondary N) is 1. The third-order valence-corrected chi connectivity index (χ3v) is 3.62. The molecule has 2 aromatic rings. The maximum atomic E-state index is 13.6. The molecule has 1 aliphatic heterocycles. The summed E-state index contributed by atoms with van der Waals surface area (Å²) < 4.78 is 26.5. The van der Waals surface area contributed by atoms with E-state index >= 15 is 0 Å². The molecular formula is C16H15F2N. The standard InChI is InChI=1S/C16H15F2N/c17-13-7-5-12(15(18)10-13)9-14-8-6-11-3-1-2-4-16(11)19-14/h1-5,7,10,14,19H,6,8-9H2. The van der Waals surface area contributed by atoms with E-state index in [0.29, 0.717) is 12.0 Å². The fourth-order valence-corrected chi connectivity index (χ4v) is 2.61. The quantitative estimate of drug-likeness (QED) is 0.861. The number of hydrogen-bond acceptors (Lipinski definition) is 1. The molecule has 2 aromatic carbocycles. The lowest BCUT2D eigenvalue weighted by Gasteiger charge is -2.27. The molecular weight excluding hydrogens is 244 g/mol. The van der Waals surface area contributed by atoms with E-state index in [1.807, 2.05) is 18.2 Å². The van der Waals surface area contributed by atoms with E-state index < -0.39 is 11.6 Å². The van der Waals surface area contributed by atoms with Crippen molar-refractivity contribution in [2.45, 2.75) is 25.3 Å². The van der Waals surface area contributed by atoms with Gasteiger partial charge < -0.3 is 5.32 Å². The topological polar surface area (TPSA) is 12.0 Å². The normalized spacial score (nSPS) is 17.7. The Morgan fingerprint density at radius 1 is 1.11 bits per heavy atom. The first-order chi connectivity index (χ1) is 9.22. The van der Waals surface area contributed by atoms with Crippen LogP contribution in [0.2, 0.25) is 0 Å². The first-order valence-electron chi connectivity index (χ1n) is 6.51. The predicted octanol–water partition coefficient (Wildman–Crippen LogP) is 3.93. The van der Waals surface area contributed by atoms with E-state index in [-0.39, 0.29) is 6.04 Å². The number of halogens is 2. The van der Waals surface area contributed by atoms with Crippen molar-refractivity contribution in [3.8, 4) is 0 Å². The third-order valence-electron chi connectivity index (χ3n) is 3.62. The van der Waals surface area contributed by atoms with E-state index in [1.165, 1.54) is 17.7 Å². The van der Waals surface area contributed by atoms with Gasteiger partial charge in [-0.1, -0.05) is 24.3 Å². The molecule has 1 unspecified atom stereocenters. The van der Waals surface area contributed by atoms with Crippen LogP contribution in [0.5, 0.6) is 0 Å². The lowest BCUT2D eigenvalue weighted by molar-refractivity contribution is 0.554. The Kier molecular flexibility index (Phi) is 3.20. The third kappa shape index (κ3) is 2.60. The minimum Gasteiger partial charge on any atom is -0.382 e. The van der Waals surface area contributed by atoms with Gasteiger partial charge in [0.1, 0.15) is 11.6 Å². The number of para-hydroxylation sites is 1. The average Bonchev–Trinajstić information content (AvgIpc) is 2.42. The zero-order valence-corrected chi connectivity index (χ0v) is 10.5. The molecule has 0 aromatic heterocycles. The fourth-order valence-electron chi connectivity index (χ4n) is 2.61. The summed E-state index contributed by atoms with van der Waals surface area (Å²) in [4.78, 5) is 0. The van der Waals surface area contributed by atoms with Crippen LogP contribution in [-0.2, 0) is 12.8 Å². The van der Waals surface area contributed by atoms with Crippen molar-refractivity contribution in [3.63, 3.8) is 0 Å². The first kappa shape index (κ1) is 12.2. The summed E-state index contributed by atoms with van der Waals surface area (Å²) in [5.74, 6) is -0.983. The number of aryl methyl sites for hydroxylation is 1. The second-order valence-electron chi connectivity index (χ2n) is 4.98. The molecule has 0 radical (unpaired) electrons. The van der Waals surface area contributed by atoms with Gasteiger partial charge in [-0.25, -0.2) is 8.78 Å². The highest BCUT2D eigenvalue weighted by Gasteiger charge is 2.18. The Bertz CT molecular complexity index is 595. The first-order valence-corrected chi connectivity index (χ1v) is 6.51. The zero-order valence-electron chi connectivity index (χ0n) is 10.5. The lowest BCUT2D eigenvalue weighted by atomic mass is 9.94. The van der Waals surface area contributed by atoms with Crippen LogP contribution in [0.25, 0.3) is 0 Å². The fraction of sp³-hybridized carbons (Fsp3) is 0.250. The summed E-state index contributed by atoms with van der Waals surface area (Å²) in [5.41, 5.74) is 3.00. The molecule has 1 nitrogen and oxygen atoms in total. The van der Waals surface area contributed by atoms with Crippen molar-refractivity contribution in [2.75, 3.05) is 5.32 Å². The van der Waals surface area contributed by atoms with Gasteiger partial charge in [-0.3, -0.25) is 0 Å². The van der Waals surface area contributed by atoms with Crippen LogP contribution >= 0.6 is 0 Å². The van der Waals surface area contributed by atoms with Crippen molar-refractivity contribution in [1.29, 1.82) is 0 Å². The minimum atomic E-state index is -0.525. The van der Waals surface area contributed by atoms with Crippen molar-refractivity contribution < 1.29 is 8.78 Å². The second kappa shape index (κ2) is 5.00. The Morgan fingerprint density at radius 3 is 2.79 bits per heavy atom. The summed E-state index contributed by atoms with van der Waals surface area (Å²) in [7, 11) is 0. The minimum absolute atomic E-state index is 0.204. The van der Waals surface area contributed by atoms with Gasteiger partial charge in [0.2, 0.25) is 0 Å². The lowest BCUT2D eigenvalue weighted by Crippen LogP contribution is -2.27. The summed E-state index contributed by atoms with van der Waals surface area (Å²) in [5, 5.41) is 3.43. The maximum Gasteiger partial charge on any atom is 0.129 e. The molecule has 3 rings (SSSR count). The number of rotatable bonds is 2. The van der Waals surface area contributed by atoms with Gasteiger partial charge in [-0.2, -0.15) is 0 Å². The summed E-state index contributed by atoms with van der Waals surface area (Å²) in [6.45, 7) is 0. The van der Waals surface area contributed by atoms with Crippen LogP contribution in [0.1, 0.15) is 17.5 Å². The highest BCUT2D eigenvalue weighted by molar-refractivity contribution is 5.53. The molecule has 19 heavy (non-hydrogen) atoms. The van der Waals surface area contributed by atoms with E-state index in [4.69, 9.17) is 0 Å². The van der Waals surface area contributed by atoms with Gasteiger partial charge in [-0.05, 0) is 42.5 Å². The van der Waals surface area contributed by atoms with Crippen LogP contribution < -0.4 is 5.32 Å². The molecule has 1 atom stereocenters. The number of anilines is 1. The summed E-state index contributed by atoms with van der Waals surface area (Å²) in [6.07, 6.45) is 2.55. The monoisotopic (exact) mass is 259 g/mol. The smallest absolute Gasteiger partial charge is 0.129 e. The Morgan fingerprint density at radius 2 is 1.95 bits per heavy atom. The molecule has 0 fully saturated rings. The van der Waals surface area contributed by atoms with Gasteiger partial charge in [0, 0.05) is 17.8 Å². The Balaban J connectivity index is 1.75. The molecule has 1 heterocycles. The SMILES string of the molecule is Fc1ccc(CC2CCc3ccccc3N2)c(F)c1. The van der Waals surface area contributed by atoms with E-state index in [0.717, 1.165) is 24.6 Å². The van der Waals surface area contributed by atoms with E-state index in [9.17, 15) is 8.78 Å². The maximum absolute atomic E-state index is 13.6. The van der Waals surface area contributed by atoms with Crippen molar-refractivity contribution >= 4 is 5.69 Å². The molecule has 0 amide bonds. The van der Waals surface area contributed by atoms with Crippen LogP contribution in [0, 0.1) is 11.6 Å². The number of hydrogen-bond donors (Lipinski definition) is 1. The molecule has 98 valence electrons. The van der Waals surface area contributed by atoms with Crippen LogP contribution in [0.15, 0.2) is 42.5 Å².